The van der Waals surface area contributed by atoms with Crippen molar-refractivity contribution in [1.82, 2.24) is 10.0 Å². The van der Waals surface area contributed by atoms with E-state index in [0.717, 1.165) is 16.7 Å². The first-order chi connectivity index (χ1) is 18.1. The molecule has 2 unspecified atom stereocenters. The Labute approximate surface area is 224 Å². The van der Waals surface area contributed by atoms with E-state index in [9.17, 15) is 23.1 Å². The first kappa shape index (κ1) is 29.0. The van der Waals surface area contributed by atoms with Crippen LogP contribution in [0.3, 0.4) is 0 Å². The SMILES string of the molecule is CC(Cc1cccc(CN)c1)NC(=O)C(CCCc1ccccc1)NS(=O)(=O)Cc1cccc(C(=O)O)c1. The molecular weight excluding hydrogens is 502 g/mol. The molecule has 1 amide bonds. The lowest BCUT2D eigenvalue weighted by atomic mass is 10.0. The molecule has 0 aliphatic rings. The monoisotopic (exact) mass is 537 g/mol. The molecule has 0 aliphatic carbocycles. The molecule has 0 aliphatic heterocycles. The van der Waals surface area contributed by atoms with E-state index in [4.69, 9.17) is 5.73 Å². The fourth-order valence-corrected chi connectivity index (χ4v) is 5.66. The topological polar surface area (TPSA) is 139 Å². The van der Waals surface area contributed by atoms with E-state index >= 15 is 0 Å². The van der Waals surface area contributed by atoms with Gasteiger partial charge in [0.05, 0.1) is 11.3 Å². The molecule has 9 heteroatoms. The van der Waals surface area contributed by atoms with Crippen molar-refractivity contribution in [2.75, 3.05) is 0 Å². The Bertz CT molecular complexity index is 1330. The molecule has 5 N–H and O–H groups in total. The molecule has 0 fully saturated rings. The maximum atomic E-state index is 13.2. The summed E-state index contributed by atoms with van der Waals surface area (Å²) < 4.78 is 28.6. The highest BCUT2D eigenvalue weighted by Gasteiger charge is 2.26. The number of carbonyl (C=O) groups is 2. The van der Waals surface area contributed by atoms with Crippen LogP contribution >= 0.6 is 0 Å². The number of nitrogens with two attached hydrogens (primary N) is 1. The average Bonchev–Trinajstić information content (AvgIpc) is 2.88. The summed E-state index contributed by atoms with van der Waals surface area (Å²) in [5.74, 6) is -1.97. The second kappa shape index (κ2) is 13.9. The molecule has 0 heterocycles. The molecule has 0 saturated carbocycles. The zero-order chi connectivity index (χ0) is 27.5. The Kier molecular flexibility index (Phi) is 10.6. The van der Waals surface area contributed by atoms with Crippen LogP contribution < -0.4 is 15.8 Å². The number of rotatable bonds is 14. The van der Waals surface area contributed by atoms with Crippen LogP contribution in [0.1, 0.15) is 52.4 Å². The van der Waals surface area contributed by atoms with Crippen molar-refractivity contribution in [3.05, 3.63) is 107 Å². The summed E-state index contributed by atoms with van der Waals surface area (Å²) in [6.07, 6.45) is 2.19. The predicted octanol–water partition coefficient (Wildman–Crippen LogP) is 3.40. The average molecular weight is 538 g/mol. The van der Waals surface area contributed by atoms with Crippen LogP contribution in [-0.2, 0) is 40.0 Å². The summed E-state index contributed by atoms with van der Waals surface area (Å²) >= 11 is 0. The van der Waals surface area contributed by atoms with Gasteiger partial charge < -0.3 is 16.2 Å². The van der Waals surface area contributed by atoms with Gasteiger partial charge in [0.1, 0.15) is 6.04 Å². The van der Waals surface area contributed by atoms with Crippen molar-refractivity contribution in [3.63, 3.8) is 0 Å². The molecule has 0 aromatic heterocycles. The fraction of sp³-hybridized carbons (Fsp3) is 0.310. The number of hydrogen-bond donors (Lipinski definition) is 4. The number of amides is 1. The summed E-state index contributed by atoms with van der Waals surface area (Å²) in [6, 6.07) is 22.2. The van der Waals surface area contributed by atoms with Gasteiger partial charge in [-0.2, -0.15) is 0 Å². The molecule has 3 rings (SSSR count). The van der Waals surface area contributed by atoms with Gasteiger partial charge in [-0.1, -0.05) is 66.7 Å². The predicted molar refractivity (Wildman–Crippen MR) is 148 cm³/mol. The molecular formula is C29H35N3O5S. The number of nitrogens with one attached hydrogen (secondary N) is 2. The second-order valence-electron chi connectivity index (χ2n) is 9.45. The summed E-state index contributed by atoms with van der Waals surface area (Å²) in [5, 5.41) is 12.2. The van der Waals surface area contributed by atoms with Crippen molar-refractivity contribution < 1.29 is 23.1 Å². The van der Waals surface area contributed by atoms with Gasteiger partial charge in [0.25, 0.3) is 0 Å². The second-order valence-corrected chi connectivity index (χ2v) is 11.2. The summed E-state index contributed by atoms with van der Waals surface area (Å²) in [6.45, 7) is 2.30. The highest BCUT2D eigenvalue weighted by atomic mass is 32.2. The van der Waals surface area contributed by atoms with Gasteiger partial charge in [0.2, 0.25) is 15.9 Å². The van der Waals surface area contributed by atoms with Crippen LogP contribution in [0.15, 0.2) is 78.9 Å². The normalized spacial score (nSPS) is 13.0. The van der Waals surface area contributed by atoms with Gasteiger partial charge >= 0.3 is 5.97 Å². The fourth-order valence-electron chi connectivity index (χ4n) is 4.30. The van der Waals surface area contributed by atoms with Crippen molar-refractivity contribution in [1.29, 1.82) is 0 Å². The number of carboxylic acid groups (broad SMARTS) is 1. The third-order valence-electron chi connectivity index (χ3n) is 6.13. The van der Waals surface area contributed by atoms with Crippen molar-refractivity contribution in [2.45, 2.75) is 57.0 Å². The lowest BCUT2D eigenvalue weighted by Gasteiger charge is -2.22. The maximum Gasteiger partial charge on any atom is 0.335 e. The highest BCUT2D eigenvalue weighted by molar-refractivity contribution is 7.88. The van der Waals surface area contributed by atoms with E-state index in [0.29, 0.717) is 37.8 Å². The van der Waals surface area contributed by atoms with Crippen molar-refractivity contribution in [2.24, 2.45) is 5.73 Å². The van der Waals surface area contributed by atoms with Gasteiger partial charge in [-0.05, 0) is 67.0 Å². The lowest BCUT2D eigenvalue weighted by molar-refractivity contribution is -0.123. The number of carbonyl (C=O) groups excluding carboxylic acids is 1. The number of aromatic carboxylic acids is 1. The molecule has 0 bridgehead atoms. The summed E-state index contributed by atoms with van der Waals surface area (Å²) in [4.78, 5) is 24.5. The van der Waals surface area contributed by atoms with Crippen LogP contribution in [0.2, 0.25) is 0 Å². The van der Waals surface area contributed by atoms with E-state index < -0.39 is 33.7 Å². The Morgan fingerprint density at radius 1 is 0.895 bits per heavy atom. The zero-order valence-corrected chi connectivity index (χ0v) is 22.3. The first-order valence-corrected chi connectivity index (χ1v) is 14.2. The Balaban J connectivity index is 1.69. The van der Waals surface area contributed by atoms with Crippen molar-refractivity contribution in [3.8, 4) is 0 Å². The minimum absolute atomic E-state index is 0.00221. The minimum Gasteiger partial charge on any atom is -0.478 e. The van der Waals surface area contributed by atoms with Crippen LogP contribution in [0.5, 0.6) is 0 Å². The molecule has 38 heavy (non-hydrogen) atoms. The number of carboxylic acids is 1. The standard InChI is InChI=1S/C29H35N3O5S/c1-21(16-23-11-5-12-24(17-23)19-30)31-28(33)27(15-7-10-22-8-3-2-4-9-22)32-38(36,37)20-25-13-6-14-26(18-25)29(34)35/h2-6,8-9,11-14,17-18,21,27,32H,7,10,15-16,19-20,30H2,1H3,(H,31,33)(H,34,35). The van der Waals surface area contributed by atoms with Crippen molar-refractivity contribution >= 4 is 21.9 Å². The molecule has 0 radical (unpaired) electrons. The molecule has 0 saturated heterocycles. The molecule has 202 valence electrons. The van der Waals surface area contributed by atoms with E-state index in [-0.39, 0.29) is 11.6 Å². The smallest absolute Gasteiger partial charge is 0.335 e. The Morgan fingerprint density at radius 3 is 2.26 bits per heavy atom. The molecule has 2 atom stereocenters. The number of hydrogen-bond acceptors (Lipinski definition) is 5. The van der Waals surface area contributed by atoms with Crippen LogP contribution in [-0.4, -0.2) is 37.5 Å². The van der Waals surface area contributed by atoms with E-state index in [1.807, 2.05) is 61.5 Å². The highest BCUT2D eigenvalue weighted by Crippen LogP contribution is 2.13. The maximum absolute atomic E-state index is 13.2. The molecule has 0 spiro atoms. The van der Waals surface area contributed by atoms with Gasteiger partial charge in [-0.3, -0.25) is 4.79 Å². The molecule has 3 aromatic carbocycles. The van der Waals surface area contributed by atoms with E-state index in [1.54, 1.807) is 6.07 Å². The number of sulfonamides is 1. The van der Waals surface area contributed by atoms with Gasteiger partial charge in [0.15, 0.2) is 0 Å². The van der Waals surface area contributed by atoms with Gasteiger partial charge in [-0.15, -0.1) is 0 Å². The van der Waals surface area contributed by atoms with E-state index in [1.165, 1.54) is 18.2 Å². The zero-order valence-electron chi connectivity index (χ0n) is 21.5. The van der Waals surface area contributed by atoms with Gasteiger partial charge in [0, 0.05) is 12.6 Å². The van der Waals surface area contributed by atoms with Gasteiger partial charge in [-0.25, -0.2) is 17.9 Å². The Hall–Kier alpha value is -3.53. The van der Waals surface area contributed by atoms with Crippen LogP contribution in [0.4, 0.5) is 0 Å². The Morgan fingerprint density at radius 2 is 1.55 bits per heavy atom. The first-order valence-electron chi connectivity index (χ1n) is 12.6. The molecule has 3 aromatic rings. The number of aryl methyl sites for hydroxylation is 1. The largest absolute Gasteiger partial charge is 0.478 e. The lowest BCUT2D eigenvalue weighted by Crippen LogP contribution is -2.49. The summed E-state index contributed by atoms with van der Waals surface area (Å²) in [7, 11) is -3.94. The van der Waals surface area contributed by atoms with E-state index in [2.05, 4.69) is 10.0 Å². The minimum atomic E-state index is -3.94. The molecule has 8 nitrogen and oxygen atoms in total. The summed E-state index contributed by atoms with van der Waals surface area (Å²) in [5.41, 5.74) is 9.19. The quantitative estimate of drug-likeness (QED) is 0.249. The van der Waals surface area contributed by atoms with Crippen LogP contribution in [0, 0.1) is 0 Å². The van der Waals surface area contributed by atoms with Crippen LogP contribution in [0.25, 0.3) is 0 Å². The third-order valence-corrected chi connectivity index (χ3v) is 7.48. The third kappa shape index (κ3) is 9.41. The number of benzene rings is 3.